The van der Waals surface area contributed by atoms with Gasteiger partial charge in [0.1, 0.15) is 11.9 Å². The van der Waals surface area contributed by atoms with Crippen molar-refractivity contribution >= 4 is 47.0 Å². The summed E-state index contributed by atoms with van der Waals surface area (Å²) in [4.78, 5) is 35.2. The van der Waals surface area contributed by atoms with Gasteiger partial charge < -0.3 is 21.1 Å². The van der Waals surface area contributed by atoms with Gasteiger partial charge in [0.2, 0.25) is 0 Å². The Morgan fingerprint density at radius 2 is 2.08 bits per heavy atom. The quantitative estimate of drug-likeness (QED) is 0.588. The number of thioether (sulfide) groups is 1. The summed E-state index contributed by atoms with van der Waals surface area (Å²) in [6.07, 6.45) is 0.996. The van der Waals surface area contributed by atoms with E-state index in [9.17, 15) is 18.8 Å². The molecule has 0 aliphatic heterocycles. The number of carbonyl (C=O) groups excluding carboxylic acids is 3. The molecule has 0 heterocycles. The van der Waals surface area contributed by atoms with Crippen LogP contribution in [-0.4, -0.2) is 42.1 Å². The van der Waals surface area contributed by atoms with Crippen LogP contribution in [0.4, 0.5) is 14.9 Å². The van der Waals surface area contributed by atoms with Gasteiger partial charge in [-0.1, -0.05) is 11.6 Å². The summed E-state index contributed by atoms with van der Waals surface area (Å²) in [7, 11) is 0. The van der Waals surface area contributed by atoms with Crippen molar-refractivity contribution < 1.29 is 23.5 Å². The summed E-state index contributed by atoms with van der Waals surface area (Å²) in [5.41, 5.74) is 5.22. The van der Waals surface area contributed by atoms with Crippen LogP contribution in [0.15, 0.2) is 18.2 Å². The third kappa shape index (κ3) is 7.18. The van der Waals surface area contributed by atoms with Gasteiger partial charge in [-0.2, -0.15) is 11.8 Å². The van der Waals surface area contributed by atoms with Gasteiger partial charge in [0.05, 0.1) is 10.7 Å². The van der Waals surface area contributed by atoms with Crippen LogP contribution in [0.1, 0.15) is 13.3 Å². The number of benzene rings is 1. The lowest BCUT2D eigenvalue weighted by Gasteiger charge is -2.19. The summed E-state index contributed by atoms with van der Waals surface area (Å²) in [6.45, 7) is 1.36. The number of halogens is 2. The predicted octanol–water partition coefficient (Wildman–Crippen LogP) is 2.14. The van der Waals surface area contributed by atoms with Gasteiger partial charge in [-0.3, -0.25) is 4.79 Å². The molecule has 0 fully saturated rings. The third-order valence-corrected chi connectivity index (χ3v) is 4.02. The van der Waals surface area contributed by atoms with Crippen LogP contribution >= 0.6 is 23.4 Å². The molecule has 0 unspecified atom stereocenters. The van der Waals surface area contributed by atoms with E-state index in [1.54, 1.807) is 0 Å². The number of nitrogens with one attached hydrogen (secondary N) is 2. The van der Waals surface area contributed by atoms with Crippen LogP contribution in [0, 0.1) is 5.82 Å². The molecule has 0 saturated carbocycles. The summed E-state index contributed by atoms with van der Waals surface area (Å²) in [5.74, 6) is -1.38. The first-order valence-corrected chi connectivity index (χ1v) is 9.03. The number of urea groups is 1. The van der Waals surface area contributed by atoms with Crippen molar-refractivity contribution in [2.75, 3.05) is 17.3 Å². The van der Waals surface area contributed by atoms with E-state index in [0.29, 0.717) is 12.2 Å². The van der Waals surface area contributed by atoms with Crippen LogP contribution < -0.4 is 16.4 Å². The number of rotatable bonds is 8. The van der Waals surface area contributed by atoms with Crippen molar-refractivity contribution in [3.8, 4) is 0 Å². The Hall–Kier alpha value is -2.00. The van der Waals surface area contributed by atoms with E-state index >= 15 is 0 Å². The number of hydrogen-bond acceptors (Lipinski definition) is 5. The van der Waals surface area contributed by atoms with Crippen molar-refractivity contribution in [2.45, 2.75) is 25.5 Å². The molecule has 0 saturated heterocycles. The Balaban J connectivity index is 2.67. The smallest absolute Gasteiger partial charge is 0.329 e. The Kier molecular flexibility index (Phi) is 8.50. The fourth-order valence-corrected chi connectivity index (χ4v) is 2.48. The molecule has 0 aliphatic carbocycles. The minimum absolute atomic E-state index is 0.0140. The second-order valence-corrected chi connectivity index (χ2v) is 6.43. The number of carbonyl (C=O) groups is 3. The molecule has 7 nitrogen and oxygen atoms in total. The maximum atomic E-state index is 13.0. The molecule has 0 bridgehead atoms. The molecule has 0 aromatic heterocycles. The first-order chi connectivity index (χ1) is 11.7. The van der Waals surface area contributed by atoms with Crippen molar-refractivity contribution in [1.82, 2.24) is 5.32 Å². The van der Waals surface area contributed by atoms with Gasteiger partial charge in [-0.15, -0.1) is 0 Å². The Morgan fingerprint density at radius 3 is 2.64 bits per heavy atom. The maximum absolute atomic E-state index is 13.0. The SMILES string of the molecule is CSCC[C@@H](NC(N)=O)C(=O)O[C@H](C)C(=O)Nc1ccc(F)cc1Cl. The average Bonchev–Trinajstić information content (AvgIpc) is 2.53. The zero-order valence-electron chi connectivity index (χ0n) is 13.7. The number of primary amides is 1. The Morgan fingerprint density at radius 1 is 1.40 bits per heavy atom. The van der Waals surface area contributed by atoms with Crippen molar-refractivity contribution in [2.24, 2.45) is 5.73 Å². The molecular weight excluding hydrogens is 373 g/mol. The Labute approximate surface area is 153 Å². The van der Waals surface area contributed by atoms with Crippen LogP contribution in [0.25, 0.3) is 0 Å². The van der Waals surface area contributed by atoms with E-state index in [1.807, 2.05) is 6.26 Å². The highest BCUT2D eigenvalue weighted by Crippen LogP contribution is 2.22. The van der Waals surface area contributed by atoms with Gasteiger partial charge in [-0.05, 0) is 43.6 Å². The highest BCUT2D eigenvalue weighted by atomic mass is 35.5. The molecular formula is C15H19ClFN3O4S. The van der Waals surface area contributed by atoms with E-state index in [1.165, 1.54) is 24.8 Å². The molecule has 10 heteroatoms. The molecule has 0 aliphatic rings. The predicted molar refractivity (Wildman–Crippen MR) is 95.1 cm³/mol. The van der Waals surface area contributed by atoms with Gasteiger partial charge in [-0.25, -0.2) is 14.0 Å². The lowest BCUT2D eigenvalue weighted by Crippen LogP contribution is -2.46. The van der Waals surface area contributed by atoms with Gasteiger partial charge in [0.25, 0.3) is 5.91 Å². The largest absolute Gasteiger partial charge is 0.451 e. The minimum Gasteiger partial charge on any atom is -0.451 e. The van der Waals surface area contributed by atoms with Crippen LogP contribution in [-0.2, 0) is 14.3 Å². The number of ether oxygens (including phenoxy) is 1. The topological polar surface area (TPSA) is 111 Å². The molecule has 0 spiro atoms. The van der Waals surface area contributed by atoms with Gasteiger partial charge in [0, 0.05) is 0 Å². The van der Waals surface area contributed by atoms with Crippen molar-refractivity contribution in [3.63, 3.8) is 0 Å². The first-order valence-electron chi connectivity index (χ1n) is 7.26. The number of amides is 3. The molecule has 4 N–H and O–H groups in total. The molecule has 1 aromatic carbocycles. The van der Waals surface area contributed by atoms with E-state index in [4.69, 9.17) is 22.1 Å². The van der Waals surface area contributed by atoms with Gasteiger partial charge in [0.15, 0.2) is 6.10 Å². The zero-order valence-corrected chi connectivity index (χ0v) is 15.2. The lowest BCUT2D eigenvalue weighted by molar-refractivity contribution is -0.155. The number of hydrogen-bond donors (Lipinski definition) is 3. The summed E-state index contributed by atoms with van der Waals surface area (Å²) < 4.78 is 18.1. The number of esters is 1. The van der Waals surface area contributed by atoms with E-state index in [0.717, 1.165) is 12.1 Å². The van der Waals surface area contributed by atoms with Gasteiger partial charge >= 0.3 is 12.0 Å². The molecule has 138 valence electrons. The zero-order chi connectivity index (χ0) is 19.0. The standard InChI is InChI=1S/C15H19ClFN3O4S/c1-8(13(21)19-11-4-3-9(17)7-10(11)16)24-14(22)12(5-6-25-2)20-15(18)23/h3-4,7-8,12H,5-6H2,1-2H3,(H,19,21)(H3,18,20,23)/t8-,12-/m1/s1. The maximum Gasteiger partial charge on any atom is 0.329 e. The molecule has 0 radical (unpaired) electrons. The van der Waals surface area contributed by atoms with E-state index in [-0.39, 0.29) is 10.7 Å². The van der Waals surface area contributed by atoms with Crippen LogP contribution in [0.2, 0.25) is 5.02 Å². The molecule has 1 rings (SSSR count). The highest BCUT2D eigenvalue weighted by molar-refractivity contribution is 7.98. The van der Waals surface area contributed by atoms with Crippen molar-refractivity contribution in [1.29, 1.82) is 0 Å². The summed E-state index contributed by atoms with van der Waals surface area (Å²) in [6, 6.07) is 1.66. The monoisotopic (exact) mass is 391 g/mol. The normalized spacial score (nSPS) is 12.8. The molecule has 25 heavy (non-hydrogen) atoms. The fourth-order valence-electron chi connectivity index (χ4n) is 1.79. The van der Waals surface area contributed by atoms with E-state index < -0.39 is 35.9 Å². The first kappa shape index (κ1) is 21.0. The number of nitrogens with two attached hydrogens (primary N) is 1. The van der Waals surface area contributed by atoms with Crippen LogP contribution in [0.3, 0.4) is 0 Å². The minimum atomic E-state index is -1.15. The average molecular weight is 392 g/mol. The third-order valence-electron chi connectivity index (χ3n) is 3.06. The highest BCUT2D eigenvalue weighted by Gasteiger charge is 2.26. The summed E-state index contributed by atoms with van der Waals surface area (Å²) in [5, 5.41) is 4.73. The van der Waals surface area contributed by atoms with Crippen LogP contribution in [0.5, 0.6) is 0 Å². The fraction of sp³-hybridized carbons (Fsp3) is 0.400. The number of anilines is 1. The second kappa shape index (κ2) is 10.1. The van der Waals surface area contributed by atoms with Crippen molar-refractivity contribution in [3.05, 3.63) is 29.0 Å². The molecule has 2 atom stereocenters. The summed E-state index contributed by atoms with van der Waals surface area (Å²) >= 11 is 7.30. The second-order valence-electron chi connectivity index (χ2n) is 5.04. The molecule has 1 aromatic rings. The Bertz CT molecular complexity index is 647. The lowest BCUT2D eigenvalue weighted by atomic mass is 10.2. The molecule has 3 amide bonds. The van der Waals surface area contributed by atoms with E-state index in [2.05, 4.69) is 10.6 Å².